The van der Waals surface area contributed by atoms with E-state index in [2.05, 4.69) is 15.6 Å². The second-order valence-corrected chi connectivity index (χ2v) is 1.87. The maximum atomic E-state index is 10.9. The molecule has 1 atom stereocenters. The van der Waals surface area contributed by atoms with Crippen LogP contribution in [0.25, 0.3) is 0 Å². The Morgan fingerprint density at radius 1 is 1.80 bits per heavy atom. The fraction of sp³-hybridized carbons (Fsp3) is 0.333. The van der Waals surface area contributed by atoms with Gasteiger partial charge in [0.2, 0.25) is 5.91 Å². The number of rotatable bonds is 1. The van der Waals surface area contributed by atoms with Gasteiger partial charge >= 0.3 is 0 Å². The lowest BCUT2D eigenvalue weighted by molar-refractivity contribution is -0.120. The average molecular weight is 139 g/mol. The molecule has 10 heavy (non-hydrogen) atoms. The summed E-state index contributed by atoms with van der Waals surface area (Å²) in [5.41, 5.74) is 0. The van der Waals surface area contributed by atoms with Gasteiger partial charge in [-0.05, 0) is 0 Å². The largest absolute Gasteiger partial charge is 0.374 e. The minimum atomic E-state index is -0.310. The summed E-state index contributed by atoms with van der Waals surface area (Å²) in [5, 5.41) is 5.34. The van der Waals surface area contributed by atoms with Crippen molar-refractivity contribution in [3.63, 3.8) is 0 Å². The standard InChI is InChI=1S/C6H9N3O/c1-7-6(10)5-4-8-2-3-9-5/h2-5,9H,1H3,(H,7,10). The Hall–Kier alpha value is -1.32. The van der Waals surface area contributed by atoms with E-state index in [0.29, 0.717) is 0 Å². The quantitative estimate of drug-likeness (QED) is 0.502. The molecule has 4 nitrogen and oxygen atoms in total. The first kappa shape index (κ1) is 6.80. The summed E-state index contributed by atoms with van der Waals surface area (Å²) >= 11 is 0. The van der Waals surface area contributed by atoms with Crippen LogP contribution in [-0.4, -0.2) is 25.2 Å². The van der Waals surface area contributed by atoms with Crippen LogP contribution in [0.1, 0.15) is 0 Å². The van der Waals surface area contributed by atoms with Crippen LogP contribution in [0.2, 0.25) is 0 Å². The second kappa shape index (κ2) is 3.00. The number of amides is 1. The fourth-order valence-corrected chi connectivity index (χ4v) is 0.667. The van der Waals surface area contributed by atoms with Gasteiger partial charge in [0.1, 0.15) is 6.04 Å². The first-order valence-electron chi connectivity index (χ1n) is 3.00. The van der Waals surface area contributed by atoms with Crippen LogP contribution >= 0.6 is 0 Å². The minimum absolute atomic E-state index is 0.0758. The van der Waals surface area contributed by atoms with Crippen molar-refractivity contribution < 1.29 is 4.79 Å². The molecule has 1 amide bonds. The number of nitrogens with zero attached hydrogens (tertiary/aromatic N) is 1. The zero-order valence-electron chi connectivity index (χ0n) is 5.66. The van der Waals surface area contributed by atoms with E-state index in [1.807, 2.05) is 0 Å². The summed E-state index contributed by atoms with van der Waals surface area (Å²) in [6.45, 7) is 0. The molecule has 4 heteroatoms. The van der Waals surface area contributed by atoms with Crippen LogP contribution in [0.5, 0.6) is 0 Å². The summed E-state index contributed by atoms with van der Waals surface area (Å²) < 4.78 is 0. The molecule has 0 fully saturated rings. The van der Waals surface area contributed by atoms with Gasteiger partial charge in [-0.1, -0.05) is 0 Å². The Kier molecular flexibility index (Phi) is 2.04. The number of carbonyl (C=O) groups is 1. The SMILES string of the molecule is CNC(=O)C1C=NC=CN1. The molecule has 0 aliphatic carbocycles. The van der Waals surface area contributed by atoms with E-state index in [0.717, 1.165) is 0 Å². The molecule has 2 N–H and O–H groups in total. The maximum absolute atomic E-state index is 10.9. The lowest BCUT2D eigenvalue weighted by Crippen LogP contribution is -2.42. The van der Waals surface area contributed by atoms with Crippen LogP contribution in [0.15, 0.2) is 17.4 Å². The zero-order chi connectivity index (χ0) is 7.40. The first-order valence-corrected chi connectivity index (χ1v) is 3.00. The Labute approximate surface area is 59.0 Å². The van der Waals surface area contributed by atoms with Gasteiger partial charge in [0.25, 0.3) is 0 Å². The van der Waals surface area contributed by atoms with Crippen molar-refractivity contribution in [3.8, 4) is 0 Å². The number of hydrogen-bond donors (Lipinski definition) is 2. The molecule has 1 aliphatic heterocycles. The molecular formula is C6H9N3O. The predicted molar refractivity (Wildman–Crippen MR) is 38.6 cm³/mol. The molecule has 1 heterocycles. The summed E-state index contributed by atoms with van der Waals surface area (Å²) in [6.07, 6.45) is 4.79. The van der Waals surface area contributed by atoms with Crippen molar-refractivity contribution in [1.82, 2.24) is 10.6 Å². The van der Waals surface area contributed by atoms with E-state index in [1.165, 1.54) is 0 Å². The zero-order valence-corrected chi connectivity index (χ0v) is 5.66. The molecular weight excluding hydrogens is 130 g/mol. The van der Waals surface area contributed by atoms with Crippen LogP contribution < -0.4 is 10.6 Å². The highest BCUT2D eigenvalue weighted by Crippen LogP contribution is 1.86. The van der Waals surface area contributed by atoms with Gasteiger partial charge in [-0.25, -0.2) is 0 Å². The summed E-state index contributed by atoms with van der Waals surface area (Å²) in [5.74, 6) is -0.0758. The predicted octanol–water partition coefficient (Wildman–Crippen LogP) is -0.754. The van der Waals surface area contributed by atoms with Gasteiger partial charge in [0.05, 0.1) is 0 Å². The van der Waals surface area contributed by atoms with Crippen LogP contribution in [0.4, 0.5) is 0 Å². The number of nitrogens with one attached hydrogen (secondary N) is 2. The van der Waals surface area contributed by atoms with Gasteiger partial charge in [-0.15, -0.1) is 0 Å². The van der Waals surface area contributed by atoms with E-state index in [1.54, 1.807) is 25.7 Å². The highest BCUT2D eigenvalue weighted by Gasteiger charge is 2.12. The van der Waals surface area contributed by atoms with Crippen molar-refractivity contribution in [1.29, 1.82) is 0 Å². The Balaban J connectivity index is 2.51. The molecule has 0 aromatic heterocycles. The van der Waals surface area contributed by atoms with Crippen molar-refractivity contribution in [2.24, 2.45) is 4.99 Å². The molecule has 0 saturated carbocycles. The molecule has 0 spiro atoms. The summed E-state index contributed by atoms with van der Waals surface area (Å²) in [6, 6.07) is -0.310. The maximum Gasteiger partial charge on any atom is 0.247 e. The number of likely N-dealkylation sites (N-methyl/N-ethyl adjacent to an activating group) is 1. The van der Waals surface area contributed by atoms with E-state index < -0.39 is 0 Å². The van der Waals surface area contributed by atoms with Gasteiger partial charge in [0, 0.05) is 25.7 Å². The van der Waals surface area contributed by atoms with Crippen molar-refractivity contribution in [2.45, 2.75) is 6.04 Å². The lowest BCUT2D eigenvalue weighted by atomic mass is 10.3. The highest BCUT2D eigenvalue weighted by molar-refractivity contribution is 5.98. The molecule has 0 radical (unpaired) electrons. The number of carbonyl (C=O) groups excluding carboxylic acids is 1. The van der Waals surface area contributed by atoms with E-state index in [-0.39, 0.29) is 11.9 Å². The monoisotopic (exact) mass is 139 g/mol. The third kappa shape index (κ3) is 1.34. The van der Waals surface area contributed by atoms with Crippen LogP contribution in [-0.2, 0) is 4.79 Å². The topological polar surface area (TPSA) is 53.5 Å². The fourth-order valence-electron chi connectivity index (χ4n) is 0.667. The number of aliphatic imine (C=N–C) groups is 1. The van der Waals surface area contributed by atoms with E-state index in [4.69, 9.17) is 0 Å². The summed E-state index contributed by atoms with van der Waals surface area (Å²) in [4.78, 5) is 14.7. The van der Waals surface area contributed by atoms with Crippen molar-refractivity contribution in [2.75, 3.05) is 7.05 Å². The van der Waals surface area contributed by atoms with Crippen molar-refractivity contribution in [3.05, 3.63) is 12.4 Å². The Bertz CT molecular complexity index is 185. The molecule has 0 aromatic carbocycles. The van der Waals surface area contributed by atoms with Gasteiger partial charge in [-0.3, -0.25) is 9.79 Å². The van der Waals surface area contributed by atoms with Crippen LogP contribution in [0.3, 0.4) is 0 Å². The minimum Gasteiger partial charge on any atom is -0.374 e. The third-order valence-corrected chi connectivity index (χ3v) is 1.20. The second-order valence-electron chi connectivity index (χ2n) is 1.87. The smallest absolute Gasteiger partial charge is 0.247 e. The Morgan fingerprint density at radius 3 is 3.10 bits per heavy atom. The van der Waals surface area contributed by atoms with E-state index in [9.17, 15) is 4.79 Å². The summed E-state index contributed by atoms with van der Waals surface area (Å²) in [7, 11) is 1.59. The molecule has 1 rings (SSSR count). The molecule has 0 bridgehead atoms. The lowest BCUT2D eigenvalue weighted by Gasteiger charge is -2.11. The van der Waals surface area contributed by atoms with Gasteiger partial charge in [-0.2, -0.15) is 0 Å². The average Bonchev–Trinajstić information content (AvgIpc) is 2.05. The molecule has 54 valence electrons. The van der Waals surface area contributed by atoms with Crippen LogP contribution in [0, 0.1) is 0 Å². The van der Waals surface area contributed by atoms with Gasteiger partial charge < -0.3 is 10.6 Å². The first-order chi connectivity index (χ1) is 4.84. The normalized spacial score (nSPS) is 21.9. The molecule has 0 aromatic rings. The highest BCUT2D eigenvalue weighted by atomic mass is 16.2. The molecule has 1 unspecified atom stereocenters. The van der Waals surface area contributed by atoms with E-state index >= 15 is 0 Å². The van der Waals surface area contributed by atoms with Crippen molar-refractivity contribution >= 4 is 12.1 Å². The number of hydrogen-bond acceptors (Lipinski definition) is 3. The third-order valence-electron chi connectivity index (χ3n) is 1.20. The molecule has 0 saturated heterocycles. The molecule has 1 aliphatic rings. The van der Waals surface area contributed by atoms with Gasteiger partial charge in [0.15, 0.2) is 0 Å². The Morgan fingerprint density at radius 2 is 2.60 bits per heavy atom.